The van der Waals surface area contributed by atoms with Gasteiger partial charge in [0, 0.05) is 30.8 Å². The van der Waals surface area contributed by atoms with Gasteiger partial charge in [0.1, 0.15) is 11.5 Å². The second kappa shape index (κ2) is 8.09. The molecule has 0 unspecified atom stereocenters. The largest absolute Gasteiger partial charge is 0.497 e. The third-order valence-electron chi connectivity index (χ3n) is 5.51. The number of rotatable bonds is 5. The zero-order valence-corrected chi connectivity index (χ0v) is 15.7. The number of nitrogens with zero attached hydrogens (tertiary/aromatic N) is 2. The van der Waals surface area contributed by atoms with E-state index in [9.17, 15) is 4.79 Å². The molecule has 2 saturated heterocycles. The van der Waals surface area contributed by atoms with Crippen molar-refractivity contribution in [1.82, 2.24) is 9.80 Å². The first kappa shape index (κ1) is 18.1. The molecule has 1 amide bonds. The van der Waals surface area contributed by atoms with Crippen LogP contribution in [0.4, 0.5) is 0 Å². The van der Waals surface area contributed by atoms with E-state index in [1.807, 2.05) is 12.1 Å². The topological polar surface area (TPSA) is 42.0 Å². The van der Waals surface area contributed by atoms with Crippen LogP contribution >= 0.6 is 0 Å². The Balaban J connectivity index is 1.71. The van der Waals surface area contributed by atoms with E-state index >= 15 is 0 Å². The zero-order valence-electron chi connectivity index (χ0n) is 15.7. The maximum Gasteiger partial charge on any atom is 0.236 e. The molecule has 5 heteroatoms. The minimum absolute atomic E-state index is 0.243. The molecule has 0 radical (unpaired) electrons. The standard InChI is InChI=1S/C20H30N2O3/c1-15-6-4-11-22(13-15)20(23)14-21-10-5-7-18(21)17-9-8-16(24-2)12-19(17)25-3/h8-9,12,15,18H,4-7,10-11,13-14H2,1-3H3/t15-,18+/m1/s1. The van der Waals surface area contributed by atoms with E-state index in [1.165, 1.54) is 6.42 Å². The van der Waals surface area contributed by atoms with E-state index in [2.05, 4.69) is 22.8 Å². The van der Waals surface area contributed by atoms with Crippen LogP contribution < -0.4 is 9.47 Å². The van der Waals surface area contributed by atoms with Crippen LogP contribution in [0, 0.1) is 5.92 Å². The van der Waals surface area contributed by atoms with E-state index in [0.29, 0.717) is 12.5 Å². The van der Waals surface area contributed by atoms with Gasteiger partial charge in [0.05, 0.1) is 20.8 Å². The predicted octanol–water partition coefficient (Wildman–Crippen LogP) is 3.10. The summed E-state index contributed by atoms with van der Waals surface area (Å²) in [5, 5.41) is 0. The Morgan fingerprint density at radius 1 is 1.16 bits per heavy atom. The molecule has 2 heterocycles. The molecule has 1 aromatic rings. The predicted molar refractivity (Wildman–Crippen MR) is 98.1 cm³/mol. The maximum atomic E-state index is 12.8. The van der Waals surface area contributed by atoms with Crippen LogP contribution in [-0.4, -0.2) is 56.1 Å². The second-order valence-corrected chi connectivity index (χ2v) is 7.32. The maximum absolute atomic E-state index is 12.8. The first-order valence-corrected chi connectivity index (χ1v) is 9.36. The molecule has 2 aliphatic rings. The van der Waals surface area contributed by atoms with Crippen LogP contribution in [0.25, 0.3) is 0 Å². The normalized spacial score (nSPS) is 24.4. The van der Waals surface area contributed by atoms with E-state index in [0.717, 1.165) is 56.0 Å². The fourth-order valence-electron chi connectivity index (χ4n) is 4.15. The smallest absolute Gasteiger partial charge is 0.236 e. The van der Waals surface area contributed by atoms with Crippen molar-refractivity contribution in [2.75, 3.05) is 40.4 Å². The monoisotopic (exact) mass is 346 g/mol. The zero-order chi connectivity index (χ0) is 17.8. The van der Waals surface area contributed by atoms with Crippen LogP contribution in [0.15, 0.2) is 18.2 Å². The number of carbonyl (C=O) groups is 1. The molecule has 0 aromatic heterocycles. The minimum Gasteiger partial charge on any atom is -0.497 e. The van der Waals surface area contributed by atoms with Gasteiger partial charge in [-0.15, -0.1) is 0 Å². The lowest BCUT2D eigenvalue weighted by molar-refractivity contribution is -0.134. The Kier molecular flexibility index (Phi) is 5.84. The molecule has 5 nitrogen and oxygen atoms in total. The molecule has 2 fully saturated rings. The third-order valence-corrected chi connectivity index (χ3v) is 5.51. The van der Waals surface area contributed by atoms with Crippen molar-refractivity contribution in [3.8, 4) is 11.5 Å². The number of amides is 1. The van der Waals surface area contributed by atoms with Gasteiger partial charge in [0.2, 0.25) is 5.91 Å². The molecule has 25 heavy (non-hydrogen) atoms. The van der Waals surface area contributed by atoms with Gasteiger partial charge in [-0.05, 0) is 44.2 Å². The Hall–Kier alpha value is -1.75. The molecule has 0 spiro atoms. The van der Waals surface area contributed by atoms with Crippen molar-refractivity contribution in [3.05, 3.63) is 23.8 Å². The molecule has 0 bridgehead atoms. The van der Waals surface area contributed by atoms with Crippen molar-refractivity contribution in [1.29, 1.82) is 0 Å². The number of benzene rings is 1. The van der Waals surface area contributed by atoms with E-state index < -0.39 is 0 Å². The Morgan fingerprint density at radius 3 is 2.68 bits per heavy atom. The van der Waals surface area contributed by atoms with Crippen molar-refractivity contribution in [2.24, 2.45) is 5.92 Å². The molecule has 3 rings (SSSR count). The molecule has 0 saturated carbocycles. The molecule has 1 aromatic carbocycles. The highest BCUT2D eigenvalue weighted by atomic mass is 16.5. The fourth-order valence-corrected chi connectivity index (χ4v) is 4.15. The molecular formula is C20H30N2O3. The summed E-state index contributed by atoms with van der Waals surface area (Å²) in [4.78, 5) is 17.1. The van der Waals surface area contributed by atoms with Crippen LogP contribution in [0.2, 0.25) is 0 Å². The lowest BCUT2D eigenvalue weighted by atomic mass is 10.00. The highest BCUT2D eigenvalue weighted by Crippen LogP contribution is 2.38. The van der Waals surface area contributed by atoms with Gasteiger partial charge >= 0.3 is 0 Å². The summed E-state index contributed by atoms with van der Waals surface area (Å²) >= 11 is 0. The quantitative estimate of drug-likeness (QED) is 0.822. The van der Waals surface area contributed by atoms with Gasteiger partial charge in [0.15, 0.2) is 0 Å². The number of likely N-dealkylation sites (tertiary alicyclic amines) is 2. The first-order valence-electron chi connectivity index (χ1n) is 9.36. The Labute approximate surface area is 150 Å². The van der Waals surface area contributed by atoms with Crippen molar-refractivity contribution in [3.63, 3.8) is 0 Å². The lowest BCUT2D eigenvalue weighted by Crippen LogP contribution is -2.44. The molecule has 138 valence electrons. The van der Waals surface area contributed by atoms with Crippen molar-refractivity contribution >= 4 is 5.91 Å². The number of carbonyl (C=O) groups excluding carboxylic acids is 1. The summed E-state index contributed by atoms with van der Waals surface area (Å²) < 4.78 is 10.9. The molecule has 0 N–H and O–H groups in total. The van der Waals surface area contributed by atoms with E-state index in [-0.39, 0.29) is 11.9 Å². The van der Waals surface area contributed by atoms with Crippen LogP contribution in [-0.2, 0) is 4.79 Å². The molecule has 2 atom stereocenters. The summed E-state index contributed by atoms with van der Waals surface area (Å²) in [6.07, 6.45) is 4.54. The fraction of sp³-hybridized carbons (Fsp3) is 0.650. The van der Waals surface area contributed by atoms with Gasteiger partial charge in [-0.3, -0.25) is 9.69 Å². The average molecular weight is 346 g/mol. The first-order chi connectivity index (χ1) is 12.1. The molecule has 2 aliphatic heterocycles. The van der Waals surface area contributed by atoms with Gasteiger partial charge in [-0.1, -0.05) is 13.0 Å². The number of ether oxygens (including phenoxy) is 2. The van der Waals surface area contributed by atoms with E-state index in [4.69, 9.17) is 9.47 Å². The highest BCUT2D eigenvalue weighted by Gasteiger charge is 2.31. The third kappa shape index (κ3) is 4.09. The number of hydrogen-bond donors (Lipinski definition) is 0. The van der Waals surface area contributed by atoms with Crippen LogP contribution in [0.1, 0.15) is 44.2 Å². The Bertz CT molecular complexity index is 605. The average Bonchev–Trinajstić information content (AvgIpc) is 3.08. The number of methoxy groups -OCH3 is 2. The summed E-state index contributed by atoms with van der Waals surface area (Å²) in [7, 11) is 3.35. The van der Waals surface area contributed by atoms with Gasteiger partial charge in [-0.25, -0.2) is 0 Å². The number of piperidine rings is 1. The minimum atomic E-state index is 0.243. The van der Waals surface area contributed by atoms with Crippen LogP contribution in [0.5, 0.6) is 11.5 Å². The second-order valence-electron chi connectivity index (χ2n) is 7.32. The summed E-state index contributed by atoms with van der Waals surface area (Å²) in [6, 6.07) is 6.23. The molecular weight excluding hydrogens is 316 g/mol. The van der Waals surface area contributed by atoms with Crippen molar-refractivity contribution in [2.45, 2.75) is 38.6 Å². The Morgan fingerprint density at radius 2 is 1.96 bits per heavy atom. The van der Waals surface area contributed by atoms with E-state index in [1.54, 1.807) is 14.2 Å². The van der Waals surface area contributed by atoms with Crippen LogP contribution in [0.3, 0.4) is 0 Å². The lowest BCUT2D eigenvalue weighted by Gasteiger charge is -2.33. The summed E-state index contributed by atoms with van der Waals surface area (Å²) in [6.45, 7) is 5.53. The highest BCUT2D eigenvalue weighted by molar-refractivity contribution is 5.78. The SMILES string of the molecule is COc1ccc([C@@H]2CCCN2CC(=O)N2CCC[C@@H](C)C2)c(OC)c1. The van der Waals surface area contributed by atoms with Gasteiger partial charge in [0.25, 0.3) is 0 Å². The summed E-state index contributed by atoms with van der Waals surface area (Å²) in [5.74, 6) is 2.53. The van der Waals surface area contributed by atoms with Gasteiger partial charge < -0.3 is 14.4 Å². The van der Waals surface area contributed by atoms with Gasteiger partial charge in [-0.2, -0.15) is 0 Å². The summed E-state index contributed by atoms with van der Waals surface area (Å²) in [5.41, 5.74) is 1.15. The molecule has 0 aliphatic carbocycles. The number of hydrogen-bond acceptors (Lipinski definition) is 4. The van der Waals surface area contributed by atoms with Crippen molar-refractivity contribution < 1.29 is 14.3 Å².